The zero-order valence-electron chi connectivity index (χ0n) is 13.8. The summed E-state index contributed by atoms with van der Waals surface area (Å²) in [4.78, 5) is 57.6. The fourth-order valence-electron chi connectivity index (χ4n) is 1.74. The van der Waals surface area contributed by atoms with Crippen LogP contribution in [0.2, 0.25) is 0 Å². The molecule has 0 heterocycles. The first-order valence-electron chi connectivity index (χ1n) is 7.27. The Kier molecular flexibility index (Phi) is 9.76. The molecule has 0 aliphatic carbocycles. The zero-order chi connectivity index (χ0) is 18.7. The second kappa shape index (κ2) is 11.0. The number of primary amides is 1. The van der Waals surface area contributed by atoms with Gasteiger partial charge in [-0.3, -0.25) is 24.0 Å². The molecule has 0 spiro atoms. The van der Waals surface area contributed by atoms with Crippen molar-refractivity contribution in [2.24, 2.45) is 11.7 Å². The van der Waals surface area contributed by atoms with Gasteiger partial charge in [-0.2, -0.15) is 0 Å². The molecule has 10 nitrogen and oxygen atoms in total. The molecule has 0 aromatic rings. The van der Waals surface area contributed by atoms with Crippen LogP contribution >= 0.6 is 0 Å². The van der Waals surface area contributed by atoms with Gasteiger partial charge in [0.15, 0.2) is 6.61 Å². The van der Waals surface area contributed by atoms with Gasteiger partial charge >= 0.3 is 17.9 Å². The molecular formula is C14H22N2O8. The van der Waals surface area contributed by atoms with E-state index in [9.17, 15) is 24.0 Å². The van der Waals surface area contributed by atoms with Gasteiger partial charge in [-0.25, -0.2) is 0 Å². The number of rotatable bonds is 10. The summed E-state index contributed by atoms with van der Waals surface area (Å²) in [6.45, 7) is 3.64. The highest BCUT2D eigenvalue weighted by molar-refractivity contribution is 5.93. The lowest BCUT2D eigenvalue weighted by atomic mass is 9.95. The Hall–Kier alpha value is -2.65. The molecule has 2 atom stereocenters. The Morgan fingerprint density at radius 3 is 2.04 bits per heavy atom. The first-order valence-corrected chi connectivity index (χ1v) is 7.27. The number of amides is 2. The monoisotopic (exact) mass is 346 g/mol. The van der Waals surface area contributed by atoms with Crippen LogP contribution in [0.3, 0.4) is 0 Å². The van der Waals surface area contributed by atoms with Gasteiger partial charge in [-0.15, -0.1) is 0 Å². The Morgan fingerprint density at radius 2 is 1.58 bits per heavy atom. The topological polar surface area (TPSA) is 151 Å². The van der Waals surface area contributed by atoms with Crippen molar-refractivity contribution >= 4 is 29.7 Å². The molecule has 0 fully saturated rings. The Balaban J connectivity index is 5.18. The van der Waals surface area contributed by atoms with Crippen molar-refractivity contribution < 1.29 is 38.2 Å². The van der Waals surface area contributed by atoms with E-state index in [2.05, 4.69) is 10.1 Å². The summed E-state index contributed by atoms with van der Waals surface area (Å²) >= 11 is 0. The van der Waals surface area contributed by atoms with Gasteiger partial charge in [0.1, 0.15) is 6.04 Å². The molecular weight excluding hydrogens is 324 g/mol. The number of hydrogen-bond donors (Lipinski definition) is 2. The first kappa shape index (κ1) is 21.4. The third-order valence-electron chi connectivity index (χ3n) is 2.71. The fourth-order valence-corrected chi connectivity index (χ4v) is 1.74. The lowest BCUT2D eigenvalue weighted by molar-refractivity contribution is -0.157. The summed E-state index contributed by atoms with van der Waals surface area (Å²) in [5, 5.41) is 2.16. The van der Waals surface area contributed by atoms with E-state index in [0.717, 1.165) is 6.92 Å². The second-order valence-corrected chi connectivity index (χ2v) is 4.60. The van der Waals surface area contributed by atoms with Gasteiger partial charge in [0.25, 0.3) is 5.91 Å². The van der Waals surface area contributed by atoms with Crippen LogP contribution in [0, 0.1) is 5.92 Å². The molecule has 0 aromatic carbocycles. The smallest absolute Gasteiger partial charge is 0.312 e. The van der Waals surface area contributed by atoms with E-state index in [1.54, 1.807) is 6.92 Å². The molecule has 24 heavy (non-hydrogen) atoms. The third-order valence-corrected chi connectivity index (χ3v) is 2.71. The number of hydrogen-bond acceptors (Lipinski definition) is 8. The number of esters is 3. The van der Waals surface area contributed by atoms with Gasteiger partial charge in [0, 0.05) is 6.92 Å². The van der Waals surface area contributed by atoms with Gasteiger partial charge in [-0.1, -0.05) is 0 Å². The van der Waals surface area contributed by atoms with Crippen molar-refractivity contribution in [2.45, 2.75) is 33.2 Å². The maximum absolute atomic E-state index is 12.0. The van der Waals surface area contributed by atoms with Crippen molar-refractivity contribution in [1.29, 1.82) is 0 Å². The molecule has 3 N–H and O–H groups in total. The Morgan fingerprint density at radius 1 is 1.00 bits per heavy atom. The Bertz CT molecular complexity index is 491. The zero-order valence-corrected chi connectivity index (χ0v) is 13.8. The van der Waals surface area contributed by atoms with Crippen molar-refractivity contribution in [3.8, 4) is 0 Å². The lowest BCUT2D eigenvalue weighted by Crippen LogP contribution is -2.53. The molecule has 136 valence electrons. The lowest BCUT2D eigenvalue weighted by Gasteiger charge is -2.23. The van der Waals surface area contributed by atoms with E-state index in [-0.39, 0.29) is 13.2 Å². The number of carbonyl (C=O) groups excluding carboxylic acids is 5. The first-order chi connectivity index (χ1) is 11.2. The number of nitrogens with two attached hydrogens (primary N) is 1. The van der Waals surface area contributed by atoms with Crippen LogP contribution in [0.1, 0.15) is 27.2 Å². The average molecular weight is 346 g/mol. The van der Waals surface area contributed by atoms with Gasteiger partial charge in [-0.05, 0) is 13.8 Å². The van der Waals surface area contributed by atoms with E-state index in [0.29, 0.717) is 0 Å². The van der Waals surface area contributed by atoms with Crippen LogP contribution in [0.5, 0.6) is 0 Å². The summed E-state index contributed by atoms with van der Waals surface area (Å²) in [5.41, 5.74) is 5.20. The molecule has 0 unspecified atom stereocenters. The fraction of sp³-hybridized carbons (Fsp3) is 0.643. The highest BCUT2D eigenvalue weighted by Crippen LogP contribution is 2.13. The van der Waals surface area contributed by atoms with Crippen molar-refractivity contribution in [3.05, 3.63) is 0 Å². The summed E-state index contributed by atoms with van der Waals surface area (Å²) in [6, 6.07) is -1.52. The summed E-state index contributed by atoms with van der Waals surface area (Å²) < 4.78 is 14.0. The highest BCUT2D eigenvalue weighted by Gasteiger charge is 2.37. The maximum Gasteiger partial charge on any atom is 0.312 e. The summed E-state index contributed by atoms with van der Waals surface area (Å²) in [7, 11) is 0. The molecule has 0 bridgehead atoms. The van der Waals surface area contributed by atoms with Crippen LogP contribution in [0.25, 0.3) is 0 Å². The minimum absolute atomic E-state index is 0.00499. The highest BCUT2D eigenvalue weighted by atomic mass is 16.5. The van der Waals surface area contributed by atoms with Crippen LogP contribution in [-0.4, -0.2) is 55.6 Å². The van der Waals surface area contributed by atoms with Gasteiger partial charge in [0.05, 0.1) is 25.6 Å². The van der Waals surface area contributed by atoms with Crippen molar-refractivity contribution in [1.82, 2.24) is 5.32 Å². The molecule has 0 rings (SSSR count). The molecule has 0 aliphatic heterocycles. The number of carbonyl (C=O) groups is 5. The second-order valence-electron chi connectivity index (χ2n) is 4.60. The van der Waals surface area contributed by atoms with E-state index in [1.807, 2.05) is 0 Å². The molecule has 0 aliphatic rings. The van der Waals surface area contributed by atoms with Gasteiger partial charge in [0.2, 0.25) is 5.91 Å². The third kappa shape index (κ3) is 8.11. The maximum atomic E-state index is 12.0. The molecule has 0 aromatic heterocycles. The summed E-state index contributed by atoms with van der Waals surface area (Å²) in [6.07, 6.45) is -0.506. The van der Waals surface area contributed by atoms with E-state index in [4.69, 9.17) is 15.2 Å². The van der Waals surface area contributed by atoms with E-state index < -0.39 is 54.7 Å². The van der Waals surface area contributed by atoms with E-state index >= 15 is 0 Å². The largest absolute Gasteiger partial charge is 0.466 e. The van der Waals surface area contributed by atoms with Crippen LogP contribution in [0.4, 0.5) is 0 Å². The molecule has 0 radical (unpaired) electrons. The normalized spacial score (nSPS) is 12.5. The minimum atomic E-state index is -1.52. The van der Waals surface area contributed by atoms with Crippen LogP contribution < -0.4 is 11.1 Å². The predicted octanol–water partition coefficient (Wildman–Crippen LogP) is -1.35. The van der Waals surface area contributed by atoms with Gasteiger partial charge < -0.3 is 25.3 Å². The average Bonchev–Trinajstić information content (AvgIpc) is 2.48. The summed E-state index contributed by atoms with van der Waals surface area (Å²) in [5.74, 6) is -5.60. The quantitative estimate of drug-likeness (QED) is 0.364. The van der Waals surface area contributed by atoms with Crippen molar-refractivity contribution in [2.75, 3.05) is 19.8 Å². The molecule has 10 heteroatoms. The molecule has 2 amide bonds. The Labute approximate surface area is 139 Å². The number of ether oxygens (including phenoxy) is 3. The molecule has 0 saturated carbocycles. The van der Waals surface area contributed by atoms with E-state index in [1.165, 1.54) is 6.92 Å². The predicted molar refractivity (Wildman–Crippen MR) is 79.1 cm³/mol. The number of nitrogens with one attached hydrogen (secondary N) is 1. The standard InChI is InChI=1S/C14H22N2O8/c1-4-22-11(19)6-9(14(21)23-5-2)12(13(15)20)16-10(18)7-24-8(3)17/h9,12H,4-7H2,1-3H3,(H2,15,20)(H,16,18)/t9-,12+/m0/s1. The molecule has 0 saturated heterocycles. The van der Waals surface area contributed by atoms with Crippen LogP contribution in [0.15, 0.2) is 0 Å². The SMILES string of the molecule is CCOC(=O)C[C@H](C(=O)OCC)[C@@H](NC(=O)COC(C)=O)C(N)=O. The van der Waals surface area contributed by atoms with Crippen LogP contribution in [-0.2, 0) is 38.2 Å². The van der Waals surface area contributed by atoms with Crippen molar-refractivity contribution in [3.63, 3.8) is 0 Å². The minimum Gasteiger partial charge on any atom is -0.466 e.